The van der Waals surface area contributed by atoms with Gasteiger partial charge in [0, 0.05) is 26.2 Å². The molecular weight excluding hydrogens is 144 g/mol. The first-order valence-corrected chi connectivity index (χ1v) is 4.03. The normalized spacial score (nSPS) is 21.4. The van der Waals surface area contributed by atoms with Gasteiger partial charge < -0.3 is 9.80 Å². The highest BCUT2D eigenvalue weighted by atomic mass is 32.1. The zero-order valence-electron chi connectivity index (χ0n) is 6.84. The smallest absolute Gasteiger partial charge is 0.0107 e. The Morgan fingerprint density at radius 1 is 0.900 bits per heavy atom. The fraction of sp³-hybridized carbons (Fsp3) is 0.857. The van der Waals surface area contributed by atoms with Crippen molar-refractivity contribution in [1.29, 1.82) is 0 Å². The average Bonchev–Trinajstić information content (AvgIpc) is 2.00. The van der Waals surface area contributed by atoms with Crippen molar-refractivity contribution < 1.29 is 0 Å². The first-order chi connectivity index (χ1) is 4.79. The molecule has 0 radical (unpaired) electrons. The van der Waals surface area contributed by atoms with Crippen molar-refractivity contribution in [3.8, 4) is 0 Å². The van der Waals surface area contributed by atoms with Crippen LogP contribution in [0.15, 0.2) is 0 Å². The van der Waals surface area contributed by atoms with E-state index >= 15 is 0 Å². The third kappa shape index (κ3) is 3.93. The molecule has 0 spiro atoms. The number of rotatable bonds is 0. The summed E-state index contributed by atoms with van der Waals surface area (Å²) in [5, 5.41) is 0. The van der Waals surface area contributed by atoms with Crippen LogP contribution < -0.4 is 0 Å². The summed E-state index contributed by atoms with van der Waals surface area (Å²) >= 11 is 3.83. The molecule has 0 aliphatic carbocycles. The molecule has 1 aliphatic rings. The lowest BCUT2D eigenvalue weighted by molar-refractivity contribution is 0.181. The Kier molecular flexibility index (Phi) is 5.78. The maximum atomic E-state index is 3.83. The van der Waals surface area contributed by atoms with Crippen molar-refractivity contribution in [2.45, 2.75) is 0 Å². The van der Waals surface area contributed by atoms with E-state index < -0.39 is 0 Å². The predicted molar refractivity (Wildman–Crippen MR) is 49.7 cm³/mol. The second kappa shape index (κ2) is 5.77. The summed E-state index contributed by atoms with van der Waals surface area (Å²) in [4.78, 5) is 4.72. The molecule has 0 aromatic heterocycles. The van der Waals surface area contributed by atoms with E-state index in [1.165, 1.54) is 26.2 Å². The number of piperazine rings is 1. The molecule has 60 valence electrons. The molecule has 1 fully saturated rings. The fourth-order valence-electron chi connectivity index (χ4n) is 0.906. The minimum atomic E-state index is 1.23. The Balaban J connectivity index is 0.000000371. The quantitative estimate of drug-likeness (QED) is 0.476. The average molecular weight is 160 g/mol. The van der Waals surface area contributed by atoms with Crippen LogP contribution in [-0.2, 0) is 0 Å². The molecule has 10 heavy (non-hydrogen) atoms. The topological polar surface area (TPSA) is 6.48 Å². The molecule has 0 unspecified atom stereocenters. The van der Waals surface area contributed by atoms with E-state index in [-0.39, 0.29) is 0 Å². The summed E-state index contributed by atoms with van der Waals surface area (Å²) in [6.07, 6.45) is 0. The van der Waals surface area contributed by atoms with Crippen molar-refractivity contribution in [2.75, 3.05) is 40.3 Å². The molecular formula is C7H16N2S. The van der Waals surface area contributed by atoms with Crippen molar-refractivity contribution in [3.63, 3.8) is 0 Å². The Bertz CT molecular complexity index is 69.7. The first-order valence-electron chi connectivity index (χ1n) is 3.45. The summed E-state index contributed by atoms with van der Waals surface area (Å²) in [6, 6.07) is 0. The van der Waals surface area contributed by atoms with E-state index in [2.05, 4.69) is 42.0 Å². The van der Waals surface area contributed by atoms with Gasteiger partial charge in [0.05, 0.1) is 0 Å². The lowest BCUT2D eigenvalue weighted by Gasteiger charge is -2.28. The van der Waals surface area contributed by atoms with Crippen LogP contribution in [0.2, 0.25) is 0 Å². The predicted octanol–water partition coefficient (Wildman–Crippen LogP) is 0.480. The molecule has 0 N–H and O–H groups in total. The molecule has 0 amide bonds. The monoisotopic (exact) mass is 160 g/mol. The van der Waals surface area contributed by atoms with Crippen LogP contribution in [-0.4, -0.2) is 55.9 Å². The maximum absolute atomic E-state index is 3.83. The number of hydrogen-bond donors (Lipinski definition) is 0. The van der Waals surface area contributed by atoms with E-state index in [0.29, 0.717) is 0 Å². The highest BCUT2D eigenvalue weighted by Crippen LogP contribution is 1.93. The van der Waals surface area contributed by atoms with Crippen LogP contribution in [0.1, 0.15) is 0 Å². The van der Waals surface area contributed by atoms with Gasteiger partial charge in [0.2, 0.25) is 0 Å². The van der Waals surface area contributed by atoms with Gasteiger partial charge in [0.25, 0.3) is 0 Å². The summed E-state index contributed by atoms with van der Waals surface area (Å²) in [6.45, 7) is 4.93. The standard InChI is InChI=1S/C6H14N2.CH2S/c1-7-3-5-8(2)6-4-7;1-2/h3-6H2,1-2H3;1H2. The molecule has 1 rings (SSSR count). The highest BCUT2D eigenvalue weighted by Gasteiger charge is 2.07. The van der Waals surface area contributed by atoms with E-state index in [9.17, 15) is 0 Å². The first kappa shape index (κ1) is 10.0. The Labute approximate surface area is 68.8 Å². The fourth-order valence-corrected chi connectivity index (χ4v) is 0.906. The molecule has 0 aromatic rings. The van der Waals surface area contributed by atoms with E-state index in [1.54, 1.807) is 0 Å². The van der Waals surface area contributed by atoms with E-state index in [4.69, 9.17) is 0 Å². The highest BCUT2D eigenvalue weighted by molar-refractivity contribution is 7.77. The molecule has 0 aromatic carbocycles. The molecule has 1 heterocycles. The third-order valence-corrected chi connectivity index (χ3v) is 1.73. The number of hydrogen-bond acceptors (Lipinski definition) is 3. The van der Waals surface area contributed by atoms with Crippen LogP contribution >= 0.6 is 12.2 Å². The zero-order chi connectivity index (χ0) is 7.98. The van der Waals surface area contributed by atoms with Crippen molar-refractivity contribution in [2.24, 2.45) is 0 Å². The van der Waals surface area contributed by atoms with Gasteiger partial charge in [-0.05, 0) is 20.0 Å². The molecule has 0 bridgehead atoms. The van der Waals surface area contributed by atoms with Gasteiger partial charge in [0.1, 0.15) is 0 Å². The Morgan fingerprint density at radius 2 is 1.10 bits per heavy atom. The Morgan fingerprint density at radius 3 is 1.30 bits per heavy atom. The second-order valence-corrected chi connectivity index (χ2v) is 2.61. The van der Waals surface area contributed by atoms with Gasteiger partial charge >= 0.3 is 0 Å². The largest absolute Gasteiger partial charge is 0.304 e. The molecule has 3 heteroatoms. The lowest BCUT2D eigenvalue weighted by atomic mass is 10.4. The number of thiocarbonyl (C=S) groups is 1. The second-order valence-electron chi connectivity index (χ2n) is 2.61. The molecule has 2 nitrogen and oxygen atoms in total. The van der Waals surface area contributed by atoms with Gasteiger partial charge in [-0.25, -0.2) is 0 Å². The van der Waals surface area contributed by atoms with Gasteiger partial charge in [-0.15, -0.1) is 0 Å². The van der Waals surface area contributed by atoms with Crippen LogP contribution in [0, 0.1) is 0 Å². The van der Waals surface area contributed by atoms with Crippen molar-refractivity contribution >= 4 is 18.1 Å². The number of likely N-dealkylation sites (N-methyl/N-ethyl adjacent to an activating group) is 2. The van der Waals surface area contributed by atoms with Crippen LogP contribution in [0.3, 0.4) is 0 Å². The Hall–Kier alpha value is 0.0100. The van der Waals surface area contributed by atoms with Gasteiger partial charge in [-0.2, -0.15) is 0 Å². The van der Waals surface area contributed by atoms with Crippen LogP contribution in [0.5, 0.6) is 0 Å². The van der Waals surface area contributed by atoms with E-state index in [0.717, 1.165) is 0 Å². The molecule has 1 aliphatic heterocycles. The third-order valence-electron chi connectivity index (χ3n) is 1.73. The van der Waals surface area contributed by atoms with Crippen molar-refractivity contribution in [3.05, 3.63) is 0 Å². The minimum absolute atomic E-state index is 1.23. The summed E-state index contributed by atoms with van der Waals surface area (Å²) in [5.41, 5.74) is 0. The van der Waals surface area contributed by atoms with Gasteiger partial charge in [0.15, 0.2) is 0 Å². The minimum Gasteiger partial charge on any atom is -0.304 e. The SMILES string of the molecule is C=S.CN1CCN(C)CC1. The summed E-state index contributed by atoms with van der Waals surface area (Å²) in [5.74, 6) is 2.83. The van der Waals surface area contributed by atoms with Gasteiger partial charge in [-0.1, -0.05) is 12.2 Å². The lowest BCUT2D eigenvalue weighted by Crippen LogP contribution is -2.42. The summed E-state index contributed by atoms with van der Waals surface area (Å²) < 4.78 is 0. The van der Waals surface area contributed by atoms with E-state index in [1.807, 2.05) is 0 Å². The van der Waals surface area contributed by atoms with Gasteiger partial charge in [-0.3, -0.25) is 0 Å². The van der Waals surface area contributed by atoms with Crippen LogP contribution in [0.4, 0.5) is 0 Å². The molecule has 1 saturated heterocycles. The summed E-state index contributed by atoms with van der Waals surface area (Å²) in [7, 11) is 4.35. The van der Waals surface area contributed by atoms with Crippen LogP contribution in [0.25, 0.3) is 0 Å². The number of nitrogens with zero attached hydrogens (tertiary/aromatic N) is 2. The van der Waals surface area contributed by atoms with Crippen molar-refractivity contribution in [1.82, 2.24) is 9.80 Å². The molecule has 0 saturated carbocycles. The zero-order valence-corrected chi connectivity index (χ0v) is 7.65. The molecule has 0 atom stereocenters. The maximum Gasteiger partial charge on any atom is 0.0107 e.